The van der Waals surface area contributed by atoms with Gasteiger partial charge in [-0.3, -0.25) is 4.79 Å². The summed E-state index contributed by atoms with van der Waals surface area (Å²) in [7, 11) is 1.56. The van der Waals surface area contributed by atoms with Gasteiger partial charge in [0.25, 0.3) is 0 Å². The lowest BCUT2D eigenvalue weighted by Crippen LogP contribution is -2.51. The lowest BCUT2D eigenvalue weighted by molar-refractivity contribution is -0.0919. The number of benzene rings is 2. The minimum Gasteiger partial charge on any atom is -0.507 e. The predicted molar refractivity (Wildman–Crippen MR) is 119 cm³/mol. The van der Waals surface area contributed by atoms with Crippen LogP contribution in [-0.4, -0.2) is 34.8 Å². The highest BCUT2D eigenvalue weighted by Crippen LogP contribution is 2.58. The summed E-state index contributed by atoms with van der Waals surface area (Å²) in [6, 6.07) is 11.3. The van der Waals surface area contributed by atoms with Gasteiger partial charge in [0.1, 0.15) is 28.9 Å². The SMILES string of the molecule is COc1cc(O)c(C(=O)CCc2ccccc2)c2c1C1C(C(C)C)CCC(C)(O)C1O2. The van der Waals surface area contributed by atoms with Gasteiger partial charge in [0.2, 0.25) is 0 Å². The van der Waals surface area contributed by atoms with Crippen molar-refractivity contribution in [3.05, 3.63) is 53.1 Å². The maximum absolute atomic E-state index is 13.2. The molecule has 1 aliphatic heterocycles. The molecule has 2 aliphatic rings. The average Bonchev–Trinajstić information content (AvgIpc) is 3.13. The Labute approximate surface area is 184 Å². The predicted octanol–water partition coefficient (Wildman–Crippen LogP) is 4.88. The normalized spacial score (nSPS) is 26.8. The van der Waals surface area contributed by atoms with E-state index in [2.05, 4.69) is 13.8 Å². The molecule has 1 saturated carbocycles. The fourth-order valence-electron chi connectivity index (χ4n) is 5.37. The Morgan fingerprint density at radius 1 is 1.29 bits per heavy atom. The van der Waals surface area contributed by atoms with Crippen LogP contribution in [0.4, 0.5) is 0 Å². The zero-order valence-corrected chi connectivity index (χ0v) is 18.7. The third kappa shape index (κ3) is 3.80. The second kappa shape index (κ2) is 8.19. The van der Waals surface area contributed by atoms with E-state index in [9.17, 15) is 15.0 Å². The van der Waals surface area contributed by atoms with Crippen LogP contribution in [0.2, 0.25) is 0 Å². The number of aliphatic hydroxyl groups is 1. The first-order chi connectivity index (χ1) is 14.7. The molecule has 1 fully saturated rings. The van der Waals surface area contributed by atoms with Gasteiger partial charge in [0.15, 0.2) is 5.78 Å². The Morgan fingerprint density at radius 3 is 2.65 bits per heavy atom. The number of rotatable bonds is 6. The second-order valence-corrected chi connectivity index (χ2v) is 9.49. The number of carbonyl (C=O) groups excluding carboxylic acids is 1. The Bertz CT molecular complexity index is 964. The molecular formula is C26H32O5. The standard InChI is InChI=1S/C26H32O5/c1-15(2)17-12-13-26(3,29)25-21(17)23-20(30-4)14-19(28)22(24(23)31-25)18(27)11-10-16-8-6-5-7-9-16/h5-9,14-15,17,21,25,28-29H,10-13H2,1-4H3. The molecule has 2 aromatic rings. The highest BCUT2D eigenvalue weighted by atomic mass is 16.5. The highest BCUT2D eigenvalue weighted by Gasteiger charge is 2.55. The van der Waals surface area contributed by atoms with Gasteiger partial charge in [-0.25, -0.2) is 0 Å². The first-order valence-corrected chi connectivity index (χ1v) is 11.1. The minimum absolute atomic E-state index is 0.0880. The summed E-state index contributed by atoms with van der Waals surface area (Å²) < 4.78 is 11.9. The molecule has 2 N–H and O–H groups in total. The Kier molecular flexibility index (Phi) is 5.73. The van der Waals surface area contributed by atoms with Gasteiger partial charge in [0, 0.05) is 24.0 Å². The number of aromatic hydroxyl groups is 1. The maximum atomic E-state index is 13.2. The van der Waals surface area contributed by atoms with Crippen molar-refractivity contribution >= 4 is 5.78 Å². The van der Waals surface area contributed by atoms with Crippen LogP contribution in [0.15, 0.2) is 36.4 Å². The second-order valence-electron chi connectivity index (χ2n) is 9.49. The van der Waals surface area contributed by atoms with Crippen molar-refractivity contribution in [3.63, 3.8) is 0 Å². The van der Waals surface area contributed by atoms with Crippen molar-refractivity contribution < 1.29 is 24.5 Å². The zero-order valence-electron chi connectivity index (χ0n) is 18.7. The number of aryl methyl sites for hydroxylation is 1. The lowest BCUT2D eigenvalue weighted by Gasteiger charge is -2.44. The van der Waals surface area contributed by atoms with E-state index < -0.39 is 11.7 Å². The monoisotopic (exact) mass is 424 g/mol. The summed E-state index contributed by atoms with van der Waals surface area (Å²) >= 11 is 0. The van der Waals surface area contributed by atoms with E-state index in [4.69, 9.17) is 9.47 Å². The van der Waals surface area contributed by atoms with E-state index in [1.54, 1.807) is 14.0 Å². The fraction of sp³-hybridized carbons (Fsp3) is 0.500. The summed E-state index contributed by atoms with van der Waals surface area (Å²) in [5.74, 6) is 1.19. The maximum Gasteiger partial charge on any atom is 0.170 e. The van der Waals surface area contributed by atoms with Crippen LogP contribution in [0.25, 0.3) is 0 Å². The van der Waals surface area contributed by atoms with E-state index in [-0.39, 0.29) is 35.4 Å². The van der Waals surface area contributed by atoms with Gasteiger partial charge in [-0.2, -0.15) is 0 Å². The van der Waals surface area contributed by atoms with Crippen molar-refractivity contribution in [2.75, 3.05) is 7.11 Å². The molecule has 4 rings (SSSR count). The summed E-state index contributed by atoms with van der Waals surface area (Å²) in [5, 5.41) is 21.9. The van der Waals surface area contributed by atoms with E-state index in [1.807, 2.05) is 30.3 Å². The number of phenols is 1. The number of ether oxygens (including phenoxy) is 2. The summed E-state index contributed by atoms with van der Waals surface area (Å²) in [6.45, 7) is 6.16. The van der Waals surface area contributed by atoms with E-state index in [0.717, 1.165) is 17.5 Å². The number of fused-ring (bicyclic) bond motifs is 3. The van der Waals surface area contributed by atoms with Crippen LogP contribution < -0.4 is 9.47 Å². The smallest absolute Gasteiger partial charge is 0.170 e. The van der Waals surface area contributed by atoms with Gasteiger partial charge in [-0.1, -0.05) is 44.2 Å². The molecule has 31 heavy (non-hydrogen) atoms. The molecule has 0 saturated heterocycles. The minimum atomic E-state index is -1.01. The van der Waals surface area contributed by atoms with Crippen molar-refractivity contribution in [2.24, 2.45) is 11.8 Å². The fourth-order valence-corrected chi connectivity index (χ4v) is 5.37. The van der Waals surface area contributed by atoms with Crippen LogP contribution in [0, 0.1) is 11.8 Å². The third-order valence-corrected chi connectivity index (χ3v) is 7.06. The van der Waals surface area contributed by atoms with Crippen LogP contribution in [0.1, 0.15) is 67.4 Å². The summed E-state index contributed by atoms with van der Waals surface area (Å²) in [6.07, 6.45) is 1.88. The van der Waals surface area contributed by atoms with E-state index >= 15 is 0 Å². The Balaban J connectivity index is 1.76. The Hall–Kier alpha value is -2.53. The van der Waals surface area contributed by atoms with Crippen LogP contribution in [0.3, 0.4) is 0 Å². The van der Waals surface area contributed by atoms with Crippen molar-refractivity contribution in [3.8, 4) is 17.2 Å². The largest absolute Gasteiger partial charge is 0.507 e. The molecule has 0 aromatic heterocycles. The number of Topliss-reactive ketones (excluding diaryl/α,β-unsaturated/α-hetero) is 1. The number of hydrogen-bond donors (Lipinski definition) is 2. The van der Waals surface area contributed by atoms with Crippen molar-refractivity contribution in [1.82, 2.24) is 0 Å². The molecule has 0 amide bonds. The van der Waals surface area contributed by atoms with Crippen molar-refractivity contribution in [2.45, 2.75) is 64.1 Å². The molecule has 2 aromatic carbocycles. The molecule has 0 radical (unpaired) electrons. The van der Waals surface area contributed by atoms with Gasteiger partial charge in [0.05, 0.1) is 12.7 Å². The molecule has 0 bridgehead atoms. The van der Waals surface area contributed by atoms with Crippen LogP contribution >= 0.6 is 0 Å². The number of phenolic OH excluding ortho intramolecular Hbond substituents is 1. The molecule has 5 heteroatoms. The van der Waals surface area contributed by atoms with Gasteiger partial charge in [-0.05, 0) is 43.6 Å². The van der Waals surface area contributed by atoms with Gasteiger partial charge >= 0.3 is 0 Å². The molecule has 0 spiro atoms. The van der Waals surface area contributed by atoms with Crippen LogP contribution in [-0.2, 0) is 6.42 Å². The molecule has 5 nitrogen and oxygen atoms in total. The molecule has 1 aliphatic carbocycles. The van der Waals surface area contributed by atoms with E-state index in [1.165, 1.54) is 6.07 Å². The highest BCUT2D eigenvalue weighted by molar-refractivity contribution is 6.02. The molecular weight excluding hydrogens is 392 g/mol. The topological polar surface area (TPSA) is 76.0 Å². The molecule has 4 atom stereocenters. The number of hydrogen-bond acceptors (Lipinski definition) is 5. The van der Waals surface area contributed by atoms with Gasteiger partial charge < -0.3 is 19.7 Å². The average molecular weight is 425 g/mol. The zero-order chi connectivity index (χ0) is 22.3. The first-order valence-electron chi connectivity index (χ1n) is 11.1. The summed E-state index contributed by atoms with van der Waals surface area (Å²) in [4.78, 5) is 13.2. The van der Waals surface area contributed by atoms with E-state index in [0.29, 0.717) is 30.3 Å². The van der Waals surface area contributed by atoms with Crippen LogP contribution in [0.5, 0.6) is 17.2 Å². The number of methoxy groups -OCH3 is 1. The lowest BCUT2D eigenvalue weighted by atomic mass is 9.65. The van der Waals surface area contributed by atoms with Gasteiger partial charge in [-0.15, -0.1) is 0 Å². The first kappa shape index (κ1) is 21.7. The number of carbonyl (C=O) groups is 1. The molecule has 166 valence electrons. The molecule has 1 heterocycles. The Morgan fingerprint density at radius 2 is 2.00 bits per heavy atom. The van der Waals surface area contributed by atoms with Crippen molar-refractivity contribution in [1.29, 1.82) is 0 Å². The molecule has 4 unspecified atom stereocenters. The quantitative estimate of drug-likeness (QED) is 0.647. The number of ketones is 1. The third-order valence-electron chi connectivity index (χ3n) is 7.06. The summed E-state index contributed by atoms with van der Waals surface area (Å²) in [5.41, 5.74) is 1.07.